The molecule has 0 radical (unpaired) electrons. The van der Waals surface area contributed by atoms with Gasteiger partial charge in [-0.25, -0.2) is 9.37 Å². The van der Waals surface area contributed by atoms with Gasteiger partial charge in [0.1, 0.15) is 16.6 Å². The van der Waals surface area contributed by atoms with E-state index >= 15 is 0 Å². The molecule has 0 N–H and O–H groups in total. The summed E-state index contributed by atoms with van der Waals surface area (Å²) in [5, 5.41) is 2.93. The second kappa shape index (κ2) is 7.96. The number of hydrogen-bond donors (Lipinski definition) is 0. The van der Waals surface area contributed by atoms with Gasteiger partial charge in [-0.2, -0.15) is 0 Å². The first-order valence-corrected chi connectivity index (χ1v) is 10.8. The Bertz CT molecular complexity index is 1260. The van der Waals surface area contributed by atoms with E-state index in [9.17, 15) is 9.18 Å². The van der Waals surface area contributed by atoms with E-state index in [1.54, 1.807) is 41.4 Å². The average molecular weight is 431 g/mol. The summed E-state index contributed by atoms with van der Waals surface area (Å²) in [6, 6.07) is 22.2. The summed E-state index contributed by atoms with van der Waals surface area (Å²) in [6.07, 6.45) is -0.630. The molecule has 6 heteroatoms. The van der Waals surface area contributed by atoms with Crippen LogP contribution in [0.4, 0.5) is 10.1 Å². The molecule has 1 atom stereocenters. The van der Waals surface area contributed by atoms with Crippen molar-refractivity contribution in [3.63, 3.8) is 0 Å². The molecule has 1 unspecified atom stereocenters. The highest BCUT2D eigenvalue weighted by Gasteiger charge is 2.32. The van der Waals surface area contributed by atoms with Crippen molar-refractivity contribution in [3.8, 4) is 27.6 Å². The summed E-state index contributed by atoms with van der Waals surface area (Å²) >= 11 is 1.57. The molecule has 1 aliphatic heterocycles. The largest absolute Gasteiger partial charge is 0.479 e. The molecular weight excluding hydrogens is 411 g/mol. The van der Waals surface area contributed by atoms with Crippen LogP contribution in [-0.2, 0) is 11.3 Å². The van der Waals surface area contributed by atoms with Crippen LogP contribution in [0.3, 0.4) is 0 Å². The number of rotatable bonds is 4. The second-order valence-corrected chi connectivity index (χ2v) is 8.22. The zero-order chi connectivity index (χ0) is 21.4. The van der Waals surface area contributed by atoms with E-state index in [-0.39, 0.29) is 18.3 Å². The summed E-state index contributed by atoms with van der Waals surface area (Å²) in [4.78, 5) is 19.3. The number of ether oxygens (including phenoxy) is 1. The van der Waals surface area contributed by atoms with Crippen molar-refractivity contribution >= 4 is 22.9 Å². The molecule has 3 aromatic carbocycles. The van der Waals surface area contributed by atoms with Gasteiger partial charge < -0.3 is 9.64 Å². The number of hydrogen-bond acceptors (Lipinski definition) is 4. The molecule has 0 bridgehead atoms. The van der Waals surface area contributed by atoms with Crippen molar-refractivity contribution in [2.24, 2.45) is 0 Å². The lowest BCUT2D eigenvalue weighted by molar-refractivity contribution is -0.125. The predicted octanol–water partition coefficient (Wildman–Crippen LogP) is 5.93. The van der Waals surface area contributed by atoms with Crippen molar-refractivity contribution in [1.82, 2.24) is 4.98 Å². The maximum absolute atomic E-state index is 14.3. The Balaban J connectivity index is 1.53. The number of carbonyl (C=O) groups excluding carboxylic acids is 1. The number of carbonyl (C=O) groups is 1. The molecule has 0 aliphatic carbocycles. The lowest BCUT2D eigenvalue weighted by Gasteiger charge is -2.33. The summed E-state index contributed by atoms with van der Waals surface area (Å²) < 4.78 is 20.1. The number of nitrogens with zero attached hydrogens (tertiary/aromatic N) is 2. The lowest BCUT2D eigenvalue weighted by atomic mass is 10.1. The van der Waals surface area contributed by atoms with Crippen molar-refractivity contribution in [2.75, 3.05) is 4.90 Å². The van der Waals surface area contributed by atoms with Gasteiger partial charge in [-0.3, -0.25) is 4.79 Å². The fraction of sp³-hybridized carbons (Fsp3) is 0.120. The maximum atomic E-state index is 14.3. The lowest BCUT2D eigenvalue weighted by Crippen LogP contribution is -2.44. The number of thiazole rings is 1. The minimum absolute atomic E-state index is 0.141. The first-order valence-electron chi connectivity index (χ1n) is 9.97. The van der Waals surface area contributed by atoms with Gasteiger partial charge in [0.25, 0.3) is 5.91 Å². The average Bonchev–Trinajstić information content (AvgIpc) is 3.29. The maximum Gasteiger partial charge on any atom is 0.268 e. The molecule has 5 rings (SSSR count). The molecule has 154 valence electrons. The zero-order valence-electron chi connectivity index (χ0n) is 16.8. The van der Waals surface area contributed by atoms with E-state index in [1.165, 1.54) is 6.07 Å². The first-order chi connectivity index (χ1) is 15.1. The Morgan fingerprint density at radius 1 is 1.03 bits per heavy atom. The molecular formula is C25H19FN2O2S. The highest BCUT2D eigenvalue weighted by atomic mass is 32.1. The highest BCUT2D eigenvalue weighted by molar-refractivity contribution is 7.13. The number of anilines is 1. The van der Waals surface area contributed by atoms with Crippen LogP contribution in [0.15, 0.2) is 78.2 Å². The van der Waals surface area contributed by atoms with Gasteiger partial charge in [0.2, 0.25) is 0 Å². The van der Waals surface area contributed by atoms with Gasteiger partial charge in [0.15, 0.2) is 6.10 Å². The van der Waals surface area contributed by atoms with Gasteiger partial charge in [0, 0.05) is 22.1 Å². The smallest absolute Gasteiger partial charge is 0.268 e. The number of amides is 1. The van der Waals surface area contributed by atoms with E-state index in [0.717, 1.165) is 21.8 Å². The fourth-order valence-electron chi connectivity index (χ4n) is 3.65. The molecule has 2 heterocycles. The molecule has 0 spiro atoms. The van der Waals surface area contributed by atoms with Gasteiger partial charge in [-0.05, 0) is 31.2 Å². The van der Waals surface area contributed by atoms with Crippen molar-refractivity contribution < 1.29 is 13.9 Å². The van der Waals surface area contributed by atoms with Crippen LogP contribution >= 0.6 is 11.3 Å². The Kier molecular flexibility index (Phi) is 5.00. The normalized spacial score (nSPS) is 15.5. The van der Waals surface area contributed by atoms with Gasteiger partial charge in [0.05, 0.1) is 17.9 Å². The molecule has 1 amide bonds. The van der Waals surface area contributed by atoms with Gasteiger partial charge in [-0.1, -0.05) is 48.5 Å². The number of halogens is 1. The van der Waals surface area contributed by atoms with Crippen LogP contribution < -0.4 is 9.64 Å². The molecule has 0 fully saturated rings. The van der Waals surface area contributed by atoms with Crippen molar-refractivity contribution in [3.05, 3.63) is 89.6 Å². The third-order valence-electron chi connectivity index (χ3n) is 5.27. The van der Waals surface area contributed by atoms with Crippen LogP contribution in [0.1, 0.15) is 12.5 Å². The van der Waals surface area contributed by atoms with E-state index < -0.39 is 6.10 Å². The Morgan fingerprint density at radius 3 is 2.61 bits per heavy atom. The quantitative estimate of drug-likeness (QED) is 0.403. The highest BCUT2D eigenvalue weighted by Crippen LogP contribution is 2.39. The van der Waals surface area contributed by atoms with Crippen LogP contribution in [-0.4, -0.2) is 17.0 Å². The molecule has 31 heavy (non-hydrogen) atoms. The molecule has 4 aromatic rings. The predicted molar refractivity (Wildman–Crippen MR) is 121 cm³/mol. The SMILES string of the molecule is CC1Oc2ccc(-c3csc(-c4ccccc4)n3)cc2N(Cc2ccccc2F)C1=O. The first kappa shape index (κ1) is 19.5. The number of fused-ring (bicyclic) bond motifs is 1. The van der Waals surface area contributed by atoms with E-state index in [0.29, 0.717) is 17.0 Å². The van der Waals surface area contributed by atoms with Crippen molar-refractivity contribution in [2.45, 2.75) is 19.6 Å². The van der Waals surface area contributed by atoms with Crippen LogP contribution in [0, 0.1) is 5.82 Å². The third kappa shape index (κ3) is 3.70. The molecule has 4 nitrogen and oxygen atoms in total. The van der Waals surface area contributed by atoms with Crippen LogP contribution in [0.2, 0.25) is 0 Å². The van der Waals surface area contributed by atoms with Crippen LogP contribution in [0.5, 0.6) is 5.75 Å². The Morgan fingerprint density at radius 2 is 1.81 bits per heavy atom. The van der Waals surface area contributed by atoms with E-state index in [1.807, 2.05) is 53.9 Å². The summed E-state index contributed by atoms with van der Waals surface area (Å²) in [6.45, 7) is 1.85. The second-order valence-electron chi connectivity index (χ2n) is 7.36. The standard InChI is InChI=1S/C25H19FN2O2S/c1-16-25(29)28(14-19-9-5-6-10-20(19)26)22-13-18(11-12-23(22)30-16)21-15-31-24(27-21)17-7-3-2-4-8-17/h2-13,15-16H,14H2,1H3. The van der Waals surface area contributed by atoms with E-state index in [4.69, 9.17) is 9.72 Å². The number of aromatic nitrogens is 1. The van der Waals surface area contributed by atoms with E-state index in [2.05, 4.69) is 0 Å². The molecule has 0 saturated carbocycles. The van der Waals surface area contributed by atoms with Gasteiger partial charge in [-0.15, -0.1) is 11.3 Å². The van der Waals surface area contributed by atoms with Crippen molar-refractivity contribution in [1.29, 1.82) is 0 Å². The summed E-state index contributed by atoms with van der Waals surface area (Å²) in [5.74, 6) is 0.0704. The third-order valence-corrected chi connectivity index (χ3v) is 6.17. The topological polar surface area (TPSA) is 42.4 Å². The van der Waals surface area contributed by atoms with Gasteiger partial charge >= 0.3 is 0 Å². The monoisotopic (exact) mass is 430 g/mol. The zero-order valence-corrected chi connectivity index (χ0v) is 17.6. The minimum atomic E-state index is -0.630. The minimum Gasteiger partial charge on any atom is -0.479 e. The summed E-state index contributed by atoms with van der Waals surface area (Å²) in [7, 11) is 0. The molecule has 1 aliphatic rings. The molecule has 0 saturated heterocycles. The Hall–Kier alpha value is -3.51. The Labute approximate surface area is 183 Å². The molecule has 1 aromatic heterocycles. The fourth-order valence-corrected chi connectivity index (χ4v) is 4.48. The van der Waals surface area contributed by atoms with Crippen LogP contribution in [0.25, 0.3) is 21.8 Å². The number of benzene rings is 3. The summed E-state index contributed by atoms with van der Waals surface area (Å²) in [5.41, 5.74) is 3.84.